The number of fused-ring (bicyclic) bond motifs is 1. The van der Waals surface area contributed by atoms with Crippen LogP contribution in [-0.2, 0) is 11.3 Å². The van der Waals surface area contributed by atoms with E-state index in [-0.39, 0.29) is 5.91 Å². The van der Waals surface area contributed by atoms with Crippen molar-refractivity contribution in [3.63, 3.8) is 0 Å². The molecule has 0 bridgehead atoms. The molecule has 3 aromatic rings. The van der Waals surface area contributed by atoms with Crippen LogP contribution in [0.4, 0.5) is 0 Å². The highest BCUT2D eigenvalue weighted by Crippen LogP contribution is 2.33. The Labute approximate surface area is 159 Å². The molecule has 0 spiro atoms. The van der Waals surface area contributed by atoms with Crippen LogP contribution >= 0.6 is 22.7 Å². The molecule has 0 aliphatic heterocycles. The van der Waals surface area contributed by atoms with Gasteiger partial charge < -0.3 is 14.0 Å². The number of ether oxygens (including phenoxy) is 2. The molecule has 7 heteroatoms. The quantitative estimate of drug-likeness (QED) is 0.473. The maximum absolute atomic E-state index is 12.3. The summed E-state index contributed by atoms with van der Waals surface area (Å²) < 4.78 is 13.6. The fourth-order valence-electron chi connectivity index (χ4n) is 2.46. The van der Waals surface area contributed by atoms with Gasteiger partial charge in [0.2, 0.25) is 0 Å². The van der Waals surface area contributed by atoms with Crippen LogP contribution in [0.1, 0.15) is 4.88 Å². The van der Waals surface area contributed by atoms with Crippen LogP contribution < -0.4 is 14.3 Å². The Bertz CT molecular complexity index is 1030. The molecule has 26 heavy (non-hydrogen) atoms. The van der Waals surface area contributed by atoms with E-state index in [2.05, 4.69) is 11.6 Å². The monoisotopic (exact) mass is 386 g/mol. The van der Waals surface area contributed by atoms with Crippen molar-refractivity contribution >= 4 is 44.9 Å². The predicted molar refractivity (Wildman–Crippen MR) is 107 cm³/mol. The Balaban J connectivity index is 2.07. The van der Waals surface area contributed by atoms with Gasteiger partial charge in [-0.15, -0.1) is 17.9 Å². The second kappa shape index (κ2) is 8.16. The van der Waals surface area contributed by atoms with Crippen molar-refractivity contribution in [2.45, 2.75) is 6.54 Å². The summed E-state index contributed by atoms with van der Waals surface area (Å²) >= 11 is 3.00. The number of amides is 1. The number of nitrogens with zero attached hydrogens (tertiary/aromatic N) is 2. The van der Waals surface area contributed by atoms with Crippen LogP contribution in [0, 0.1) is 0 Å². The van der Waals surface area contributed by atoms with Crippen molar-refractivity contribution in [1.82, 2.24) is 4.57 Å². The lowest BCUT2D eigenvalue weighted by molar-refractivity contribution is -0.113. The van der Waals surface area contributed by atoms with Crippen molar-refractivity contribution < 1.29 is 14.3 Å². The zero-order valence-electron chi connectivity index (χ0n) is 14.5. The lowest BCUT2D eigenvalue weighted by Crippen LogP contribution is -2.15. The van der Waals surface area contributed by atoms with E-state index in [1.54, 1.807) is 37.7 Å². The maximum atomic E-state index is 12.3. The number of carbonyl (C=O) groups is 1. The molecule has 5 nitrogen and oxygen atoms in total. The van der Waals surface area contributed by atoms with Gasteiger partial charge in [-0.2, -0.15) is 4.99 Å². The minimum absolute atomic E-state index is 0.304. The molecule has 0 unspecified atom stereocenters. The fourth-order valence-corrected chi connectivity index (χ4v) is 4.13. The molecule has 0 fully saturated rings. The number of allylic oxidation sites excluding steroid dienone is 1. The Morgan fingerprint density at radius 3 is 2.73 bits per heavy atom. The van der Waals surface area contributed by atoms with E-state index in [4.69, 9.17) is 9.47 Å². The molecular weight excluding hydrogens is 368 g/mol. The van der Waals surface area contributed by atoms with Crippen molar-refractivity contribution in [2.24, 2.45) is 4.99 Å². The summed E-state index contributed by atoms with van der Waals surface area (Å²) in [6.07, 6.45) is 5.03. The molecule has 0 saturated carbocycles. The molecular formula is C19H18N2O3S2. The molecule has 134 valence electrons. The number of hydrogen-bond acceptors (Lipinski definition) is 5. The zero-order valence-corrected chi connectivity index (χ0v) is 16.1. The van der Waals surface area contributed by atoms with E-state index in [1.807, 2.05) is 34.2 Å². The number of carbonyl (C=O) groups excluding carboxylic acids is 1. The summed E-state index contributed by atoms with van der Waals surface area (Å²) in [5, 5.41) is 1.96. The molecule has 3 rings (SSSR count). The third-order valence-corrected chi connectivity index (χ3v) is 5.52. The highest BCUT2D eigenvalue weighted by molar-refractivity contribution is 7.16. The van der Waals surface area contributed by atoms with Crippen molar-refractivity contribution in [1.29, 1.82) is 0 Å². The minimum atomic E-state index is -0.304. The average Bonchev–Trinajstić information content (AvgIpc) is 3.27. The van der Waals surface area contributed by atoms with Gasteiger partial charge in [-0.25, -0.2) is 0 Å². The summed E-state index contributed by atoms with van der Waals surface area (Å²) in [5.41, 5.74) is 0.918. The van der Waals surface area contributed by atoms with Crippen LogP contribution in [-0.4, -0.2) is 24.7 Å². The predicted octanol–water partition coefficient (Wildman–Crippen LogP) is 4.11. The van der Waals surface area contributed by atoms with Gasteiger partial charge in [0, 0.05) is 29.6 Å². The molecule has 0 aliphatic carbocycles. The molecule has 1 amide bonds. The first-order chi connectivity index (χ1) is 12.7. The highest BCUT2D eigenvalue weighted by Gasteiger charge is 2.12. The molecule has 0 saturated heterocycles. The third kappa shape index (κ3) is 3.79. The van der Waals surface area contributed by atoms with Gasteiger partial charge in [0.05, 0.1) is 24.4 Å². The second-order valence-electron chi connectivity index (χ2n) is 5.26. The third-order valence-electron chi connectivity index (χ3n) is 3.64. The largest absolute Gasteiger partial charge is 0.493 e. The molecule has 0 aliphatic rings. The maximum Gasteiger partial charge on any atom is 0.272 e. The van der Waals surface area contributed by atoms with Gasteiger partial charge in [-0.3, -0.25) is 4.79 Å². The van der Waals surface area contributed by atoms with Gasteiger partial charge in [0.1, 0.15) is 0 Å². The van der Waals surface area contributed by atoms with E-state index < -0.39 is 0 Å². The summed E-state index contributed by atoms with van der Waals surface area (Å²) in [6, 6.07) is 7.67. The number of thiazole rings is 1. The van der Waals surface area contributed by atoms with Crippen LogP contribution in [0.2, 0.25) is 0 Å². The number of benzene rings is 1. The van der Waals surface area contributed by atoms with Gasteiger partial charge in [-0.05, 0) is 17.5 Å². The van der Waals surface area contributed by atoms with Crippen LogP contribution in [0.5, 0.6) is 11.5 Å². The molecule has 2 aromatic heterocycles. The Morgan fingerprint density at radius 1 is 1.31 bits per heavy atom. The van der Waals surface area contributed by atoms with Crippen molar-refractivity contribution in [2.75, 3.05) is 14.2 Å². The normalized spacial score (nSPS) is 12.0. The summed E-state index contributed by atoms with van der Waals surface area (Å²) in [4.78, 5) is 18.1. The van der Waals surface area contributed by atoms with E-state index in [1.165, 1.54) is 17.4 Å². The van der Waals surface area contributed by atoms with Gasteiger partial charge in [0.15, 0.2) is 16.3 Å². The zero-order chi connectivity index (χ0) is 18.5. The fraction of sp³-hybridized carbons (Fsp3) is 0.158. The highest BCUT2D eigenvalue weighted by atomic mass is 32.1. The minimum Gasteiger partial charge on any atom is -0.493 e. The number of aromatic nitrogens is 1. The Hall–Kier alpha value is -2.64. The van der Waals surface area contributed by atoms with E-state index in [0.29, 0.717) is 22.8 Å². The number of rotatable bonds is 6. The van der Waals surface area contributed by atoms with Gasteiger partial charge in [-0.1, -0.05) is 23.5 Å². The Morgan fingerprint density at radius 2 is 2.08 bits per heavy atom. The number of hydrogen-bond donors (Lipinski definition) is 0. The number of methoxy groups -OCH3 is 2. The molecule has 2 heterocycles. The first-order valence-corrected chi connectivity index (χ1v) is 9.52. The SMILES string of the molecule is C=CCn1c(=NC(=O)C=Cc2cccs2)sc2cc(OC)c(OC)cc21. The van der Waals surface area contributed by atoms with Crippen LogP contribution in [0.25, 0.3) is 16.3 Å². The smallest absolute Gasteiger partial charge is 0.272 e. The number of thiophene rings is 1. The summed E-state index contributed by atoms with van der Waals surface area (Å²) in [6.45, 7) is 4.34. The lowest BCUT2D eigenvalue weighted by atomic mass is 10.3. The standard InChI is InChI=1S/C19H18N2O3S2/c1-4-9-21-14-11-15(23-2)16(24-3)12-17(14)26-19(21)20-18(22)8-7-13-6-5-10-25-13/h4-8,10-12H,1,9H2,2-3H3. The summed E-state index contributed by atoms with van der Waals surface area (Å²) in [5.74, 6) is 0.968. The van der Waals surface area contributed by atoms with Crippen LogP contribution in [0.15, 0.2) is 53.4 Å². The molecule has 0 N–H and O–H groups in total. The van der Waals surface area contributed by atoms with Crippen molar-refractivity contribution in [3.05, 3.63) is 58.1 Å². The average molecular weight is 386 g/mol. The molecule has 0 radical (unpaired) electrons. The Kier molecular flexibility index (Phi) is 5.70. The first-order valence-electron chi connectivity index (χ1n) is 7.82. The topological polar surface area (TPSA) is 52.8 Å². The van der Waals surface area contributed by atoms with Gasteiger partial charge >= 0.3 is 0 Å². The first kappa shape index (κ1) is 18.2. The van der Waals surface area contributed by atoms with E-state index in [0.717, 1.165) is 15.1 Å². The van der Waals surface area contributed by atoms with Crippen LogP contribution in [0.3, 0.4) is 0 Å². The van der Waals surface area contributed by atoms with Crippen molar-refractivity contribution in [3.8, 4) is 11.5 Å². The second-order valence-corrected chi connectivity index (χ2v) is 7.25. The van der Waals surface area contributed by atoms with Gasteiger partial charge in [0.25, 0.3) is 5.91 Å². The molecule has 1 aromatic carbocycles. The molecule has 0 atom stereocenters. The summed E-state index contributed by atoms with van der Waals surface area (Å²) in [7, 11) is 3.19. The van der Waals surface area contributed by atoms with E-state index >= 15 is 0 Å². The lowest BCUT2D eigenvalue weighted by Gasteiger charge is -2.08. The van der Waals surface area contributed by atoms with E-state index in [9.17, 15) is 4.79 Å².